The Morgan fingerprint density at radius 3 is 2.79 bits per heavy atom. The summed E-state index contributed by atoms with van der Waals surface area (Å²) in [5.74, 6) is 1.50. The Bertz CT molecular complexity index is 519. The van der Waals surface area contributed by atoms with Crippen molar-refractivity contribution in [2.75, 3.05) is 6.54 Å². The Morgan fingerprint density at radius 1 is 1.26 bits per heavy atom. The minimum absolute atomic E-state index is 0.378. The second kappa shape index (κ2) is 7.21. The molecule has 5 heteroatoms. The fourth-order valence-electron chi connectivity index (χ4n) is 1.59. The van der Waals surface area contributed by atoms with Gasteiger partial charge in [0.25, 0.3) is 0 Å². The molecule has 0 aliphatic heterocycles. The first kappa shape index (κ1) is 14.0. The third-order valence-corrected chi connectivity index (χ3v) is 3.34. The van der Waals surface area contributed by atoms with E-state index in [1.165, 1.54) is 5.56 Å². The lowest BCUT2D eigenvalue weighted by Crippen LogP contribution is -2.12. The molecular weight excluding hydrogens is 306 g/mol. The zero-order valence-electron chi connectivity index (χ0n) is 10.8. The van der Waals surface area contributed by atoms with Gasteiger partial charge >= 0.3 is 0 Å². The summed E-state index contributed by atoms with van der Waals surface area (Å²) in [6, 6.07) is 7.74. The summed E-state index contributed by atoms with van der Waals surface area (Å²) in [6.07, 6.45) is 3.42. The number of benzene rings is 1. The van der Waals surface area contributed by atoms with Gasteiger partial charge < -0.3 is 10.1 Å². The number of nitrogens with zero attached hydrogens (tertiary/aromatic N) is 2. The Kier molecular flexibility index (Phi) is 5.30. The number of ether oxygens (including phenoxy) is 1. The van der Waals surface area contributed by atoms with Crippen molar-refractivity contribution >= 4 is 15.9 Å². The summed E-state index contributed by atoms with van der Waals surface area (Å²) in [4.78, 5) is 8.25. The number of hydrogen-bond acceptors (Lipinski definition) is 4. The van der Waals surface area contributed by atoms with Crippen LogP contribution in [0, 0.1) is 0 Å². The maximum Gasteiger partial charge on any atom is 0.166 e. The van der Waals surface area contributed by atoms with E-state index in [9.17, 15) is 0 Å². The summed E-state index contributed by atoms with van der Waals surface area (Å²) in [5.41, 5.74) is 1.17. The highest BCUT2D eigenvalue weighted by molar-refractivity contribution is 9.10. The van der Waals surface area contributed by atoms with Gasteiger partial charge in [-0.25, -0.2) is 9.97 Å². The van der Waals surface area contributed by atoms with E-state index in [1.807, 2.05) is 18.2 Å². The fraction of sp³-hybridized carbons (Fsp3) is 0.286. The van der Waals surface area contributed by atoms with Gasteiger partial charge in [-0.05, 0) is 36.4 Å². The van der Waals surface area contributed by atoms with Crippen molar-refractivity contribution in [3.63, 3.8) is 0 Å². The molecule has 0 spiro atoms. The van der Waals surface area contributed by atoms with Gasteiger partial charge in [-0.15, -0.1) is 0 Å². The summed E-state index contributed by atoms with van der Waals surface area (Å²) >= 11 is 3.54. The highest BCUT2D eigenvalue weighted by Crippen LogP contribution is 2.23. The van der Waals surface area contributed by atoms with Crippen molar-refractivity contribution in [1.29, 1.82) is 0 Å². The molecule has 0 bridgehead atoms. The van der Waals surface area contributed by atoms with E-state index in [0.29, 0.717) is 12.4 Å². The highest BCUT2D eigenvalue weighted by atomic mass is 79.9. The summed E-state index contributed by atoms with van der Waals surface area (Å²) in [5, 5.41) is 3.30. The zero-order valence-corrected chi connectivity index (χ0v) is 12.4. The minimum atomic E-state index is 0.378. The average molecular weight is 322 g/mol. The largest absolute Gasteiger partial charge is 0.486 e. The fourth-order valence-corrected chi connectivity index (χ4v) is 1.98. The van der Waals surface area contributed by atoms with E-state index >= 15 is 0 Å². The molecule has 0 aliphatic carbocycles. The Labute approximate surface area is 121 Å². The second-order valence-electron chi connectivity index (χ2n) is 3.99. The quantitative estimate of drug-likeness (QED) is 0.888. The van der Waals surface area contributed by atoms with Crippen LogP contribution in [0.3, 0.4) is 0 Å². The zero-order chi connectivity index (χ0) is 13.5. The van der Waals surface area contributed by atoms with Crippen molar-refractivity contribution < 1.29 is 4.74 Å². The molecule has 0 atom stereocenters. The van der Waals surface area contributed by atoms with E-state index in [4.69, 9.17) is 4.74 Å². The molecule has 2 aromatic rings. The van der Waals surface area contributed by atoms with Gasteiger partial charge in [0.2, 0.25) is 0 Å². The number of aromatic nitrogens is 2. The summed E-state index contributed by atoms with van der Waals surface area (Å²) < 4.78 is 6.77. The Morgan fingerprint density at radius 2 is 2.05 bits per heavy atom. The molecule has 1 N–H and O–H groups in total. The van der Waals surface area contributed by atoms with Gasteiger partial charge in [-0.1, -0.05) is 22.9 Å². The van der Waals surface area contributed by atoms with Crippen LogP contribution in [0.4, 0.5) is 0 Å². The van der Waals surface area contributed by atoms with Crippen molar-refractivity contribution in [3.05, 3.63) is 52.5 Å². The standard InChI is InChI=1S/C14H16BrN3O/c1-2-16-9-11-8-12(4-5-13(11)15)19-10-14-17-6-3-7-18-14/h3-8,16H,2,9-10H2,1H3. The van der Waals surface area contributed by atoms with Gasteiger partial charge in [0, 0.05) is 23.4 Å². The number of rotatable bonds is 6. The van der Waals surface area contributed by atoms with Crippen LogP contribution < -0.4 is 10.1 Å². The molecule has 0 radical (unpaired) electrons. The first-order valence-corrected chi connectivity index (χ1v) is 6.96. The molecular formula is C14H16BrN3O. The van der Waals surface area contributed by atoms with Crippen LogP contribution in [0.5, 0.6) is 5.75 Å². The summed E-state index contributed by atoms with van der Waals surface area (Å²) in [6.45, 7) is 4.22. The predicted molar refractivity (Wildman–Crippen MR) is 77.9 cm³/mol. The van der Waals surface area contributed by atoms with Crippen LogP contribution >= 0.6 is 15.9 Å². The Balaban J connectivity index is 2.00. The van der Waals surface area contributed by atoms with E-state index in [2.05, 4.69) is 38.1 Å². The lowest BCUT2D eigenvalue weighted by Gasteiger charge is -2.09. The van der Waals surface area contributed by atoms with E-state index < -0.39 is 0 Å². The molecule has 4 nitrogen and oxygen atoms in total. The molecule has 100 valence electrons. The summed E-state index contributed by atoms with van der Waals surface area (Å²) in [7, 11) is 0. The molecule has 0 saturated carbocycles. The van der Waals surface area contributed by atoms with Gasteiger partial charge in [0.05, 0.1) is 0 Å². The molecule has 0 saturated heterocycles. The smallest absolute Gasteiger partial charge is 0.166 e. The van der Waals surface area contributed by atoms with Crippen molar-refractivity contribution in [1.82, 2.24) is 15.3 Å². The maximum absolute atomic E-state index is 5.69. The van der Waals surface area contributed by atoms with E-state index in [-0.39, 0.29) is 0 Å². The van der Waals surface area contributed by atoms with Crippen LogP contribution in [-0.4, -0.2) is 16.5 Å². The molecule has 0 aliphatic rings. The number of hydrogen-bond donors (Lipinski definition) is 1. The topological polar surface area (TPSA) is 47.0 Å². The van der Waals surface area contributed by atoms with Crippen LogP contribution in [0.15, 0.2) is 41.1 Å². The molecule has 2 rings (SSSR count). The third kappa shape index (κ3) is 4.29. The maximum atomic E-state index is 5.69. The Hall–Kier alpha value is -1.46. The van der Waals surface area contributed by atoms with E-state index in [1.54, 1.807) is 18.5 Å². The lowest BCUT2D eigenvalue weighted by atomic mass is 10.2. The van der Waals surface area contributed by atoms with Gasteiger partial charge in [0.1, 0.15) is 12.4 Å². The van der Waals surface area contributed by atoms with Crippen LogP contribution in [0.2, 0.25) is 0 Å². The molecule has 1 aromatic heterocycles. The first-order chi connectivity index (χ1) is 9.29. The van der Waals surface area contributed by atoms with E-state index in [0.717, 1.165) is 23.3 Å². The molecule has 0 fully saturated rings. The molecule has 0 unspecified atom stereocenters. The van der Waals surface area contributed by atoms with Crippen LogP contribution in [0.25, 0.3) is 0 Å². The van der Waals surface area contributed by atoms with Gasteiger partial charge in [0.15, 0.2) is 5.82 Å². The highest BCUT2D eigenvalue weighted by Gasteiger charge is 2.03. The predicted octanol–water partition coefficient (Wildman–Crippen LogP) is 2.93. The minimum Gasteiger partial charge on any atom is -0.486 e. The average Bonchev–Trinajstić information content (AvgIpc) is 2.46. The third-order valence-electron chi connectivity index (χ3n) is 2.57. The van der Waals surface area contributed by atoms with Gasteiger partial charge in [-0.3, -0.25) is 0 Å². The van der Waals surface area contributed by atoms with Crippen molar-refractivity contribution in [2.45, 2.75) is 20.1 Å². The molecule has 0 amide bonds. The van der Waals surface area contributed by atoms with Crippen molar-refractivity contribution in [2.24, 2.45) is 0 Å². The number of nitrogens with one attached hydrogen (secondary N) is 1. The number of halogens is 1. The van der Waals surface area contributed by atoms with Crippen molar-refractivity contribution in [3.8, 4) is 5.75 Å². The molecule has 1 aromatic carbocycles. The molecule has 19 heavy (non-hydrogen) atoms. The second-order valence-corrected chi connectivity index (χ2v) is 4.84. The van der Waals surface area contributed by atoms with Gasteiger partial charge in [-0.2, -0.15) is 0 Å². The SMILES string of the molecule is CCNCc1cc(OCc2ncccn2)ccc1Br. The monoisotopic (exact) mass is 321 g/mol. The first-order valence-electron chi connectivity index (χ1n) is 6.17. The van der Waals surface area contributed by atoms with Crippen LogP contribution in [-0.2, 0) is 13.2 Å². The lowest BCUT2D eigenvalue weighted by molar-refractivity contribution is 0.295. The normalized spacial score (nSPS) is 10.4. The van der Waals surface area contributed by atoms with Crippen LogP contribution in [0.1, 0.15) is 18.3 Å². The molecule has 1 heterocycles.